The molecule has 4 rings (SSSR count). The van der Waals surface area contributed by atoms with Gasteiger partial charge >= 0.3 is 0 Å². The Morgan fingerprint density at radius 1 is 1.25 bits per heavy atom. The predicted molar refractivity (Wildman–Crippen MR) is 111 cm³/mol. The van der Waals surface area contributed by atoms with Crippen molar-refractivity contribution in [3.63, 3.8) is 0 Å². The molecule has 0 saturated carbocycles. The van der Waals surface area contributed by atoms with E-state index in [-0.39, 0.29) is 0 Å². The van der Waals surface area contributed by atoms with Crippen LogP contribution in [0.25, 0.3) is 0 Å². The average Bonchev–Trinajstić information content (AvgIpc) is 3.04. The second-order valence-corrected chi connectivity index (χ2v) is 8.41. The number of hydrogen-bond donors (Lipinski definition) is 0. The summed E-state index contributed by atoms with van der Waals surface area (Å²) < 4.78 is 0. The van der Waals surface area contributed by atoms with E-state index in [1.807, 2.05) is 24.3 Å². The number of carbonyl (C=O) groups excluding carboxylic acids is 1. The van der Waals surface area contributed by atoms with Gasteiger partial charge in [0.05, 0.1) is 22.5 Å². The molecule has 1 aromatic heterocycles. The Kier molecular flexibility index (Phi) is 4.99. The number of hydrogen-bond acceptors (Lipinski definition) is 5. The highest BCUT2D eigenvalue weighted by Crippen LogP contribution is 2.45. The van der Waals surface area contributed by atoms with Gasteiger partial charge in [0, 0.05) is 31.4 Å². The largest absolute Gasteiger partial charge is 0.370 e. The average molecular weight is 395 g/mol. The van der Waals surface area contributed by atoms with E-state index < -0.39 is 0 Å². The molecule has 2 aromatic rings. The van der Waals surface area contributed by atoms with Gasteiger partial charge in [-0.2, -0.15) is 5.26 Å². The first-order chi connectivity index (χ1) is 13.5. The number of benzene rings is 1. The van der Waals surface area contributed by atoms with E-state index in [2.05, 4.69) is 27.8 Å². The standard InChI is InChI=1S/C22H23ClN4O/c1-16-11-22(15-27(16)19-4-2-17(12-24)21(23)10-19)6-8-26(9-7-22)20-5-3-18(14-28)25-13-20/h2-5,10,13-14,16H,6-9,11,15H2,1H3/t16-/m0/s1. The molecule has 1 aromatic carbocycles. The van der Waals surface area contributed by atoms with Crippen molar-refractivity contribution in [2.24, 2.45) is 5.41 Å². The van der Waals surface area contributed by atoms with Crippen LogP contribution in [0.2, 0.25) is 5.02 Å². The fourth-order valence-electron chi connectivity index (χ4n) is 4.69. The molecule has 2 fully saturated rings. The number of carbonyl (C=O) groups is 1. The molecule has 6 heteroatoms. The van der Waals surface area contributed by atoms with E-state index in [0.29, 0.717) is 27.7 Å². The monoisotopic (exact) mass is 394 g/mol. The molecular formula is C22H23ClN4O. The van der Waals surface area contributed by atoms with Crippen molar-refractivity contribution >= 4 is 29.3 Å². The van der Waals surface area contributed by atoms with E-state index in [0.717, 1.165) is 50.1 Å². The first kappa shape index (κ1) is 18.8. The third-order valence-corrected chi connectivity index (χ3v) is 6.56. The lowest BCUT2D eigenvalue weighted by atomic mass is 9.76. The van der Waals surface area contributed by atoms with Crippen LogP contribution in [-0.4, -0.2) is 36.9 Å². The smallest absolute Gasteiger partial charge is 0.168 e. The van der Waals surface area contributed by atoms with Gasteiger partial charge in [-0.25, -0.2) is 0 Å². The maximum Gasteiger partial charge on any atom is 0.168 e. The van der Waals surface area contributed by atoms with Gasteiger partial charge in [-0.15, -0.1) is 0 Å². The summed E-state index contributed by atoms with van der Waals surface area (Å²) in [6.07, 6.45) is 6.00. The zero-order chi connectivity index (χ0) is 19.7. The Balaban J connectivity index is 1.45. The molecule has 0 unspecified atom stereocenters. The third-order valence-electron chi connectivity index (χ3n) is 6.25. The quantitative estimate of drug-likeness (QED) is 0.726. The van der Waals surface area contributed by atoms with Crippen LogP contribution < -0.4 is 9.80 Å². The lowest BCUT2D eigenvalue weighted by molar-refractivity contribution is 0.111. The molecule has 0 radical (unpaired) electrons. The van der Waals surface area contributed by atoms with Gasteiger partial charge in [-0.3, -0.25) is 9.78 Å². The summed E-state index contributed by atoms with van der Waals surface area (Å²) >= 11 is 6.26. The fourth-order valence-corrected chi connectivity index (χ4v) is 4.91. The molecule has 0 amide bonds. The molecule has 3 heterocycles. The number of piperidine rings is 1. The molecule has 0 N–H and O–H groups in total. The number of nitrogens with zero attached hydrogens (tertiary/aromatic N) is 4. The Morgan fingerprint density at radius 2 is 2.00 bits per heavy atom. The van der Waals surface area contributed by atoms with Crippen LogP contribution >= 0.6 is 11.6 Å². The maximum atomic E-state index is 10.8. The Morgan fingerprint density at radius 3 is 2.61 bits per heavy atom. The summed E-state index contributed by atoms with van der Waals surface area (Å²) in [5.41, 5.74) is 3.49. The molecule has 28 heavy (non-hydrogen) atoms. The normalized spacial score (nSPS) is 21.0. The van der Waals surface area contributed by atoms with Crippen LogP contribution in [0, 0.1) is 16.7 Å². The number of rotatable bonds is 3. The summed E-state index contributed by atoms with van der Waals surface area (Å²) in [5.74, 6) is 0. The lowest BCUT2D eigenvalue weighted by Crippen LogP contribution is -2.41. The summed E-state index contributed by atoms with van der Waals surface area (Å²) in [5, 5.41) is 9.62. The van der Waals surface area contributed by atoms with Crippen molar-refractivity contribution in [1.29, 1.82) is 5.26 Å². The van der Waals surface area contributed by atoms with Crippen LogP contribution in [0.5, 0.6) is 0 Å². The first-order valence-corrected chi connectivity index (χ1v) is 10.0. The summed E-state index contributed by atoms with van der Waals surface area (Å²) in [4.78, 5) is 19.8. The van der Waals surface area contributed by atoms with E-state index >= 15 is 0 Å². The van der Waals surface area contributed by atoms with Crippen LogP contribution in [0.15, 0.2) is 36.5 Å². The fraction of sp³-hybridized carbons (Fsp3) is 0.409. The molecule has 2 aliphatic rings. The van der Waals surface area contributed by atoms with Crippen LogP contribution in [0.1, 0.15) is 42.2 Å². The Hall–Kier alpha value is -2.58. The van der Waals surface area contributed by atoms with Crippen LogP contribution in [0.3, 0.4) is 0 Å². The molecule has 0 aliphatic carbocycles. The van der Waals surface area contributed by atoms with Gasteiger partial charge in [-0.05, 0) is 61.9 Å². The minimum Gasteiger partial charge on any atom is -0.370 e. The summed E-state index contributed by atoms with van der Waals surface area (Å²) in [6.45, 7) is 5.29. The molecule has 1 atom stereocenters. The minimum atomic E-state index is 0.312. The predicted octanol–water partition coefficient (Wildman–Crippen LogP) is 4.30. The molecular weight excluding hydrogens is 372 g/mol. The van der Waals surface area contributed by atoms with E-state index in [1.165, 1.54) is 6.42 Å². The lowest BCUT2D eigenvalue weighted by Gasteiger charge is -2.40. The molecule has 2 aliphatic heterocycles. The van der Waals surface area contributed by atoms with Crippen LogP contribution in [-0.2, 0) is 0 Å². The number of halogens is 1. The highest BCUT2D eigenvalue weighted by molar-refractivity contribution is 6.32. The van der Waals surface area contributed by atoms with Crippen molar-refractivity contribution < 1.29 is 4.79 Å². The van der Waals surface area contributed by atoms with Gasteiger partial charge in [0.1, 0.15) is 11.8 Å². The molecule has 144 valence electrons. The van der Waals surface area contributed by atoms with E-state index in [9.17, 15) is 4.79 Å². The molecule has 0 bridgehead atoms. The number of anilines is 2. The van der Waals surface area contributed by atoms with Crippen molar-refractivity contribution in [2.75, 3.05) is 29.4 Å². The molecule has 5 nitrogen and oxygen atoms in total. The van der Waals surface area contributed by atoms with Gasteiger partial charge in [-0.1, -0.05) is 11.6 Å². The van der Waals surface area contributed by atoms with Crippen molar-refractivity contribution in [3.8, 4) is 6.07 Å². The zero-order valence-corrected chi connectivity index (χ0v) is 16.7. The van der Waals surface area contributed by atoms with E-state index in [1.54, 1.807) is 12.3 Å². The number of aldehydes is 1. The van der Waals surface area contributed by atoms with Gasteiger partial charge in [0.2, 0.25) is 0 Å². The zero-order valence-electron chi connectivity index (χ0n) is 15.9. The first-order valence-electron chi connectivity index (χ1n) is 9.66. The van der Waals surface area contributed by atoms with Crippen LogP contribution in [0.4, 0.5) is 11.4 Å². The van der Waals surface area contributed by atoms with Crippen molar-refractivity contribution in [1.82, 2.24) is 4.98 Å². The molecule has 2 saturated heterocycles. The summed E-state index contributed by atoms with van der Waals surface area (Å²) in [7, 11) is 0. The second kappa shape index (κ2) is 7.44. The highest BCUT2D eigenvalue weighted by atomic mass is 35.5. The number of pyridine rings is 1. The van der Waals surface area contributed by atoms with E-state index in [4.69, 9.17) is 16.9 Å². The van der Waals surface area contributed by atoms with Gasteiger partial charge in [0.15, 0.2) is 6.29 Å². The Bertz CT molecular complexity index is 913. The minimum absolute atomic E-state index is 0.312. The van der Waals surface area contributed by atoms with Gasteiger partial charge in [0.25, 0.3) is 0 Å². The van der Waals surface area contributed by atoms with Gasteiger partial charge < -0.3 is 9.80 Å². The molecule has 1 spiro atoms. The maximum absolute atomic E-state index is 10.8. The topological polar surface area (TPSA) is 60.2 Å². The number of aromatic nitrogens is 1. The Labute approximate surface area is 170 Å². The second-order valence-electron chi connectivity index (χ2n) is 8.00. The summed E-state index contributed by atoms with van der Waals surface area (Å²) in [6, 6.07) is 12.1. The number of nitriles is 1. The van der Waals surface area contributed by atoms with Crippen molar-refractivity contribution in [3.05, 3.63) is 52.8 Å². The third kappa shape index (κ3) is 3.45. The van der Waals surface area contributed by atoms with Crippen molar-refractivity contribution in [2.45, 2.75) is 32.2 Å². The SMILES string of the molecule is C[C@H]1CC2(CCN(c3ccc(C=O)nc3)CC2)CN1c1ccc(C#N)c(Cl)c1. The highest BCUT2D eigenvalue weighted by Gasteiger charge is 2.44.